The van der Waals surface area contributed by atoms with Crippen molar-refractivity contribution in [2.24, 2.45) is 0 Å². The number of benzene rings is 1. The molecule has 0 spiro atoms. The molecule has 0 saturated carbocycles. The SMILES string of the molecule is O=c1[nH]cnc2nc(-c3ccc([N+](=O)[O-])cc3)[nH]c12. The fraction of sp³-hybridized carbons (Fsp3) is 0. The maximum Gasteiger partial charge on any atom is 0.276 e. The lowest BCUT2D eigenvalue weighted by molar-refractivity contribution is -0.384. The van der Waals surface area contributed by atoms with Gasteiger partial charge in [0.05, 0.1) is 11.3 Å². The molecule has 0 atom stereocenters. The molecule has 0 saturated heterocycles. The Bertz CT molecular complexity index is 818. The predicted molar refractivity (Wildman–Crippen MR) is 66.6 cm³/mol. The van der Waals surface area contributed by atoms with E-state index in [1.807, 2.05) is 0 Å². The van der Waals surface area contributed by atoms with Gasteiger partial charge in [0.2, 0.25) is 0 Å². The van der Waals surface area contributed by atoms with Gasteiger partial charge < -0.3 is 9.97 Å². The van der Waals surface area contributed by atoms with Gasteiger partial charge in [-0.15, -0.1) is 0 Å². The molecule has 2 N–H and O–H groups in total. The van der Waals surface area contributed by atoms with Gasteiger partial charge in [-0.25, -0.2) is 9.97 Å². The number of aromatic amines is 2. The molecule has 1 aromatic carbocycles. The number of hydrogen-bond acceptors (Lipinski definition) is 5. The molecule has 2 aromatic heterocycles. The maximum atomic E-state index is 11.5. The summed E-state index contributed by atoms with van der Waals surface area (Å²) in [6, 6.07) is 5.87. The summed E-state index contributed by atoms with van der Waals surface area (Å²) in [5.74, 6) is 0.439. The summed E-state index contributed by atoms with van der Waals surface area (Å²) in [7, 11) is 0. The normalized spacial score (nSPS) is 10.7. The molecule has 0 unspecified atom stereocenters. The largest absolute Gasteiger partial charge is 0.332 e. The van der Waals surface area contributed by atoms with Crippen LogP contribution in [0.1, 0.15) is 0 Å². The van der Waals surface area contributed by atoms with Crippen LogP contribution in [-0.2, 0) is 0 Å². The van der Waals surface area contributed by atoms with Crippen LogP contribution in [0.3, 0.4) is 0 Å². The number of nitrogens with one attached hydrogen (secondary N) is 2. The molecule has 8 nitrogen and oxygen atoms in total. The Morgan fingerprint density at radius 3 is 2.58 bits per heavy atom. The van der Waals surface area contributed by atoms with Crippen molar-refractivity contribution in [2.75, 3.05) is 0 Å². The second-order valence-corrected chi connectivity index (χ2v) is 3.82. The zero-order chi connectivity index (χ0) is 13.4. The zero-order valence-corrected chi connectivity index (χ0v) is 9.45. The average molecular weight is 257 g/mol. The first kappa shape index (κ1) is 11.1. The van der Waals surface area contributed by atoms with Crippen molar-refractivity contribution in [3.05, 3.63) is 51.1 Å². The molecule has 8 heteroatoms. The third-order valence-corrected chi connectivity index (χ3v) is 2.65. The summed E-state index contributed by atoms with van der Waals surface area (Å²) in [6.07, 6.45) is 1.27. The van der Waals surface area contributed by atoms with E-state index in [-0.39, 0.29) is 16.8 Å². The molecule has 2 heterocycles. The van der Waals surface area contributed by atoms with Gasteiger partial charge in [0.25, 0.3) is 11.2 Å². The molecule has 3 aromatic rings. The van der Waals surface area contributed by atoms with Crippen molar-refractivity contribution < 1.29 is 4.92 Å². The lowest BCUT2D eigenvalue weighted by atomic mass is 10.2. The zero-order valence-electron chi connectivity index (χ0n) is 9.45. The average Bonchev–Trinajstić information content (AvgIpc) is 2.84. The Hall–Kier alpha value is -3.03. The highest BCUT2D eigenvalue weighted by Crippen LogP contribution is 2.20. The number of aromatic nitrogens is 4. The van der Waals surface area contributed by atoms with Gasteiger partial charge in [0, 0.05) is 17.7 Å². The van der Waals surface area contributed by atoms with Gasteiger partial charge >= 0.3 is 0 Å². The fourth-order valence-electron chi connectivity index (χ4n) is 1.72. The standard InChI is InChI=1S/C11H7N5O3/c17-11-8-10(12-5-13-11)15-9(14-8)6-1-3-7(4-2-6)16(18)19/h1-5H,(H2,12,13,14,15,17). The van der Waals surface area contributed by atoms with Crippen LogP contribution in [0.2, 0.25) is 0 Å². The van der Waals surface area contributed by atoms with Crippen LogP contribution in [-0.4, -0.2) is 24.9 Å². The van der Waals surface area contributed by atoms with E-state index in [1.54, 1.807) is 12.1 Å². The number of H-pyrrole nitrogens is 2. The molecule has 94 valence electrons. The van der Waals surface area contributed by atoms with E-state index >= 15 is 0 Å². The first-order valence-electron chi connectivity index (χ1n) is 5.33. The molecule has 3 rings (SSSR count). The highest BCUT2D eigenvalue weighted by Gasteiger charge is 2.10. The van der Waals surface area contributed by atoms with Gasteiger partial charge in [-0.05, 0) is 12.1 Å². The lowest BCUT2D eigenvalue weighted by Crippen LogP contribution is -2.05. The number of nitrogens with zero attached hydrogens (tertiary/aromatic N) is 3. The molecule has 0 aliphatic carbocycles. The minimum atomic E-state index is -0.478. The van der Waals surface area contributed by atoms with E-state index in [4.69, 9.17) is 0 Å². The third kappa shape index (κ3) is 1.84. The van der Waals surface area contributed by atoms with Gasteiger partial charge in [-0.1, -0.05) is 0 Å². The van der Waals surface area contributed by atoms with E-state index < -0.39 is 4.92 Å². The van der Waals surface area contributed by atoms with E-state index in [1.165, 1.54) is 18.5 Å². The van der Waals surface area contributed by atoms with Gasteiger partial charge in [0.1, 0.15) is 5.82 Å². The Morgan fingerprint density at radius 1 is 1.21 bits per heavy atom. The lowest BCUT2D eigenvalue weighted by Gasteiger charge is -1.95. The van der Waals surface area contributed by atoms with Crippen LogP contribution in [0.5, 0.6) is 0 Å². The highest BCUT2D eigenvalue weighted by molar-refractivity contribution is 5.74. The minimum absolute atomic E-state index is 0.00386. The predicted octanol–water partition coefficient (Wildman–Crippen LogP) is 1.22. The molecule has 19 heavy (non-hydrogen) atoms. The Labute approximate surface area is 105 Å². The van der Waals surface area contributed by atoms with Crippen LogP contribution in [0, 0.1) is 10.1 Å². The molecule has 0 bridgehead atoms. The van der Waals surface area contributed by atoms with E-state index in [0.717, 1.165) is 0 Å². The molecule has 0 aliphatic rings. The summed E-state index contributed by atoms with van der Waals surface area (Å²) in [5, 5.41) is 10.6. The maximum absolute atomic E-state index is 11.5. The van der Waals surface area contributed by atoms with Crippen molar-refractivity contribution in [3.63, 3.8) is 0 Å². The number of fused-ring (bicyclic) bond motifs is 1. The van der Waals surface area contributed by atoms with Crippen molar-refractivity contribution >= 4 is 16.9 Å². The van der Waals surface area contributed by atoms with E-state index in [2.05, 4.69) is 19.9 Å². The topological polar surface area (TPSA) is 118 Å². The smallest absolute Gasteiger partial charge is 0.276 e. The number of nitro groups is 1. The second kappa shape index (κ2) is 4.02. The fourth-order valence-corrected chi connectivity index (χ4v) is 1.72. The minimum Gasteiger partial charge on any atom is -0.332 e. The number of nitro benzene ring substituents is 1. The van der Waals surface area contributed by atoms with Crippen molar-refractivity contribution in [1.29, 1.82) is 0 Å². The van der Waals surface area contributed by atoms with Crippen molar-refractivity contribution in [3.8, 4) is 11.4 Å². The monoisotopic (exact) mass is 257 g/mol. The first-order chi connectivity index (χ1) is 9.15. The molecular formula is C11H7N5O3. The summed E-state index contributed by atoms with van der Waals surface area (Å²) in [4.78, 5) is 35.0. The summed E-state index contributed by atoms with van der Waals surface area (Å²) in [5.41, 5.74) is 0.900. The second-order valence-electron chi connectivity index (χ2n) is 3.82. The van der Waals surface area contributed by atoms with Crippen molar-refractivity contribution in [1.82, 2.24) is 19.9 Å². The summed E-state index contributed by atoms with van der Waals surface area (Å²) in [6.45, 7) is 0. The molecule has 0 amide bonds. The third-order valence-electron chi connectivity index (χ3n) is 2.65. The van der Waals surface area contributed by atoms with Crippen LogP contribution in [0.15, 0.2) is 35.4 Å². The van der Waals surface area contributed by atoms with E-state index in [9.17, 15) is 14.9 Å². The van der Waals surface area contributed by atoms with E-state index in [0.29, 0.717) is 17.0 Å². The Balaban J connectivity index is 2.11. The number of hydrogen-bond donors (Lipinski definition) is 2. The number of imidazole rings is 1. The number of non-ortho nitro benzene ring substituents is 1. The molecule has 0 radical (unpaired) electrons. The Morgan fingerprint density at radius 2 is 1.95 bits per heavy atom. The molecule has 0 fully saturated rings. The summed E-state index contributed by atoms with van der Waals surface area (Å²) < 4.78 is 0. The first-order valence-corrected chi connectivity index (χ1v) is 5.33. The van der Waals surface area contributed by atoms with Crippen LogP contribution < -0.4 is 5.56 Å². The number of rotatable bonds is 2. The van der Waals surface area contributed by atoms with Gasteiger partial charge in [-0.2, -0.15) is 0 Å². The van der Waals surface area contributed by atoms with Crippen LogP contribution in [0.25, 0.3) is 22.6 Å². The van der Waals surface area contributed by atoms with Gasteiger partial charge in [-0.3, -0.25) is 14.9 Å². The highest BCUT2D eigenvalue weighted by atomic mass is 16.6. The van der Waals surface area contributed by atoms with Crippen LogP contribution >= 0.6 is 0 Å². The summed E-state index contributed by atoms with van der Waals surface area (Å²) >= 11 is 0. The molecule has 0 aliphatic heterocycles. The van der Waals surface area contributed by atoms with Gasteiger partial charge in [0.15, 0.2) is 11.2 Å². The van der Waals surface area contributed by atoms with Crippen molar-refractivity contribution in [2.45, 2.75) is 0 Å². The van der Waals surface area contributed by atoms with Crippen LogP contribution in [0.4, 0.5) is 5.69 Å². The Kier molecular flexibility index (Phi) is 2.34. The molecular weight excluding hydrogens is 250 g/mol. The quantitative estimate of drug-likeness (QED) is 0.528.